The molecule has 0 saturated carbocycles. The van der Waals surface area contributed by atoms with Crippen LogP contribution in [0.3, 0.4) is 0 Å². The molecule has 1 aromatic heterocycles. The molecule has 7 nitrogen and oxygen atoms in total. The van der Waals surface area contributed by atoms with Crippen LogP contribution in [0.4, 0.5) is 0 Å². The molecule has 0 aliphatic carbocycles. The van der Waals surface area contributed by atoms with Gasteiger partial charge in [0.25, 0.3) is 5.56 Å². The highest BCUT2D eigenvalue weighted by Crippen LogP contribution is 2.19. The number of hydrogen-bond donors (Lipinski definition) is 0. The van der Waals surface area contributed by atoms with Crippen molar-refractivity contribution in [2.75, 3.05) is 26.3 Å². The minimum atomic E-state index is -0.630. The topological polar surface area (TPSA) is 73.5 Å². The Balaban J connectivity index is 2.19. The zero-order valence-electron chi connectivity index (χ0n) is 15.3. The summed E-state index contributed by atoms with van der Waals surface area (Å²) in [6, 6.07) is 6.39. The number of aromatic nitrogens is 2. The second kappa shape index (κ2) is 7.86. The summed E-state index contributed by atoms with van der Waals surface area (Å²) in [5.41, 5.74) is -0.190. The maximum atomic E-state index is 13.1. The minimum absolute atomic E-state index is 0.0928. The molecule has 0 radical (unpaired) electrons. The number of hydrogen-bond acceptors (Lipinski definition) is 4. The number of amides is 1. The molecule has 1 aromatic carbocycles. The van der Waals surface area contributed by atoms with Gasteiger partial charge in [0.2, 0.25) is 5.91 Å². The lowest BCUT2D eigenvalue weighted by atomic mass is 10.1. The number of morpholine rings is 1. The molecule has 7 heteroatoms. The van der Waals surface area contributed by atoms with Gasteiger partial charge in [0.05, 0.1) is 24.1 Å². The first-order valence-corrected chi connectivity index (χ1v) is 9.20. The van der Waals surface area contributed by atoms with E-state index in [-0.39, 0.29) is 11.5 Å². The Hall–Kier alpha value is -2.41. The maximum absolute atomic E-state index is 13.1. The fraction of sp³-hybridized carbons (Fsp3) is 0.526. The first-order valence-electron chi connectivity index (χ1n) is 9.20. The predicted octanol–water partition coefficient (Wildman–Crippen LogP) is 1.38. The van der Waals surface area contributed by atoms with Gasteiger partial charge in [-0.05, 0) is 25.0 Å². The van der Waals surface area contributed by atoms with E-state index in [4.69, 9.17) is 4.74 Å². The molecular weight excluding hydrogens is 334 g/mol. The van der Waals surface area contributed by atoms with Crippen molar-refractivity contribution in [1.82, 2.24) is 14.0 Å². The number of carbonyl (C=O) groups excluding carboxylic acids is 1. The van der Waals surface area contributed by atoms with Gasteiger partial charge >= 0.3 is 5.69 Å². The fourth-order valence-electron chi connectivity index (χ4n) is 3.51. The summed E-state index contributed by atoms with van der Waals surface area (Å²) in [5, 5.41) is 0.466. The Morgan fingerprint density at radius 1 is 1.15 bits per heavy atom. The Bertz CT molecular complexity index is 909. The fourth-order valence-corrected chi connectivity index (χ4v) is 3.51. The van der Waals surface area contributed by atoms with Crippen molar-refractivity contribution in [1.29, 1.82) is 0 Å². The van der Waals surface area contributed by atoms with Crippen LogP contribution in [-0.4, -0.2) is 46.2 Å². The van der Waals surface area contributed by atoms with Crippen molar-refractivity contribution in [2.24, 2.45) is 0 Å². The van der Waals surface area contributed by atoms with Crippen LogP contribution in [0, 0.1) is 0 Å². The number of carbonyl (C=O) groups is 1. The average molecular weight is 359 g/mol. The SMILES string of the molecule is CCCn1c(=O)c2ccccc2n([C@@H](CC)C(=O)N2CCOCC2)c1=O. The van der Waals surface area contributed by atoms with Crippen LogP contribution in [0.15, 0.2) is 33.9 Å². The molecule has 0 N–H and O–H groups in total. The second-order valence-electron chi connectivity index (χ2n) is 6.49. The van der Waals surface area contributed by atoms with E-state index in [0.717, 1.165) is 0 Å². The summed E-state index contributed by atoms with van der Waals surface area (Å²) < 4.78 is 8.07. The minimum Gasteiger partial charge on any atom is -0.378 e. The lowest BCUT2D eigenvalue weighted by Gasteiger charge is -2.31. The first kappa shape index (κ1) is 18.4. The molecule has 140 valence electrons. The summed E-state index contributed by atoms with van der Waals surface area (Å²) in [5.74, 6) is -0.0928. The predicted molar refractivity (Wildman–Crippen MR) is 99.5 cm³/mol. The van der Waals surface area contributed by atoms with Crippen LogP contribution in [0.5, 0.6) is 0 Å². The Morgan fingerprint density at radius 2 is 1.85 bits per heavy atom. The monoisotopic (exact) mass is 359 g/mol. The normalized spacial score (nSPS) is 16.0. The van der Waals surface area contributed by atoms with Crippen LogP contribution in [0.25, 0.3) is 10.9 Å². The van der Waals surface area contributed by atoms with Gasteiger partial charge in [0.15, 0.2) is 0 Å². The van der Waals surface area contributed by atoms with Crippen LogP contribution >= 0.6 is 0 Å². The van der Waals surface area contributed by atoms with Crippen LogP contribution in [0.1, 0.15) is 32.7 Å². The van der Waals surface area contributed by atoms with E-state index in [1.165, 1.54) is 9.13 Å². The van der Waals surface area contributed by atoms with Crippen LogP contribution < -0.4 is 11.2 Å². The molecule has 2 aromatic rings. The molecule has 26 heavy (non-hydrogen) atoms. The molecule has 0 unspecified atom stereocenters. The van der Waals surface area contributed by atoms with Crippen LogP contribution in [-0.2, 0) is 16.1 Å². The van der Waals surface area contributed by atoms with Gasteiger partial charge in [0.1, 0.15) is 6.04 Å². The number of rotatable bonds is 5. The molecule has 1 atom stereocenters. The lowest BCUT2D eigenvalue weighted by molar-refractivity contribution is -0.139. The van der Waals surface area contributed by atoms with E-state index in [2.05, 4.69) is 0 Å². The first-order chi connectivity index (χ1) is 12.6. The summed E-state index contributed by atoms with van der Waals surface area (Å²) in [7, 11) is 0. The highest BCUT2D eigenvalue weighted by molar-refractivity contribution is 5.84. The second-order valence-corrected chi connectivity index (χ2v) is 6.49. The number of fused-ring (bicyclic) bond motifs is 1. The third kappa shape index (κ3) is 3.19. The molecule has 0 spiro atoms. The van der Waals surface area contributed by atoms with E-state index >= 15 is 0 Å². The number of para-hydroxylation sites is 1. The molecule has 1 aliphatic rings. The summed E-state index contributed by atoms with van der Waals surface area (Å²) in [6.45, 7) is 6.21. The average Bonchev–Trinajstić information content (AvgIpc) is 2.68. The Morgan fingerprint density at radius 3 is 2.50 bits per heavy atom. The standard InChI is InChI=1S/C19H25N3O4/c1-3-9-21-17(23)14-7-5-6-8-16(14)22(19(21)25)15(4-2)18(24)20-10-12-26-13-11-20/h5-8,15H,3-4,9-13H2,1-2H3/t15-/m0/s1. The molecule has 3 rings (SSSR count). The van der Waals surface area contributed by atoms with Crippen molar-refractivity contribution < 1.29 is 9.53 Å². The van der Waals surface area contributed by atoms with Gasteiger partial charge in [-0.3, -0.25) is 18.7 Å². The quantitative estimate of drug-likeness (QED) is 0.808. The molecule has 0 bridgehead atoms. The van der Waals surface area contributed by atoms with E-state index < -0.39 is 11.7 Å². The lowest BCUT2D eigenvalue weighted by Crippen LogP contribution is -2.48. The van der Waals surface area contributed by atoms with Gasteiger partial charge in [-0.2, -0.15) is 0 Å². The van der Waals surface area contributed by atoms with Gasteiger partial charge in [-0.15, -0.1) is 0 Å². The van der Waals surface area contributed by atoms with Crippen molar-refractivity contribution in [3.63, 3.8) is 0 Å². The van der Waals surface area contributed by atoms with Crippen molar-refractivity contribution in [2.45, 2.75) is 39.3 Å². The summed E-state index contributed by atoms with van der Waals surface area (Å²) in [6.07, 6.45) is 1.14. The molecule has 1 fully saturated rings. The summed E-state index contributed by atoms with van der Waals surface area (Å²) in [4.78, 5) is 40.7. The molecule has 1 saturated heterocycles. The van der Waals surface area contributed by atoms with Crippen molar-refractivity contribution in [3.8, 4) is 0 Å². The third-order valence-corrected chi connectivity index (χ3v) is 4.83. The smallest absolute Gasteiger partial charge is 0.332 e. The number of benzene rings is 1. The molecule has 2 heterocycles. The van der Waals surface area contributed by atoms with E-state index in [0.29, 0.717) is 56.6 Å². The zero-order valence-corrected chi connectivity index (χ0v) is 15.3. The third-order valence-electron chi connectivity index (χ3n) is 4.83. The van der Waals surface area contributed by atoms with E-state index in [9.17, 15) is 14.4 Å². The number of ether oxygens (including phenoxy) is 1. The molecule has 1 aliphatic heterocycles. The molecule has 1 amide bonds. The zero-order chi connectivity index (χ0) is 18.7. The van der Waals surface area contributed by atoms with Gasteiger partial charge in [-0.1, -0.05) is 26.0 Å². The Labute approximate surface area is 151 Å². The highest BCUT2D eigenvalue weighted by atomic mass is 16.5. The summed E-state index contributed by atoms with van der Waals surface area (Å²) >= 11 is 0. The van der Waals surface area contributed by atoms with Crippen molar-refractivity contribution >= 4 is 16.8 Å². The molecular formula is C19H25N3O4. The van der Waals surface area contributed by atoms with E-state index in [1.54, 1.807) is 29.2 Å². The highest BCUT2D eigenvalue weighted by Gasteiger charge is 2.29. The van der Waals surface area contributed by atoms with Crippen LogP contribution in [0.2, 0.25) is 0 Å². The Kier molecular flexibility index (Phi) is 5.56. The van der Waals surface area contributed by atoms with E-state index in [1.807, 2.05) is 13.8 Å². The maximum Gasteiger partial charge on any atom is 0.332 e. The van der Waals surface area contributed by atoms with Gasteiger partial charge < -0.3 is 9.64 Å². The largest absolute Gasteiger partial charge is 0.378 e. The van der Waals surface area contributed by atoms with Crippen molar-refractivity contribution in [3.05, 3.63) is 45.1 Å². The van der Waals surface area contributed by atoms with Gasteiger partial charge in [-0.25, -0.2) is 4.79 Å². The van der Waals surface area contributed by atoms with Gasteiger partial charge in [0, 0.05) is 19.6 Å². The number of nitrogens with zero attached hydrogens (tertiary/aromatic N) is 3.